The van der Waals surface area contributed by atoms with Gasteiger partial charge in [-0.2, -0.15) is 0 Å². The summed E-state index contributed by atoms with van der Waals surface area (Å²) in [5.74, 6) is 0.699. The van der Waals surface area contributed by atoms with E-state index >= 15 is 0 Å². The minimum absolute atomic E-state index is 0.0670. The number of rotatable bonds is 4. The molecule has 2 N–H and O–H groups in total. The molecule has 0 aliphatic carbocycles. The Labute approximate surface area is 116 Å². The lowest BCUT2D eigenvalue weighted by Gasteiger charge is -2.06. The Kier molecular flexibility index (Phi) is 3.30. The number of aromatic nitrogens is 4. The number of nitrogens with zero attached hydrogens (tertiary/aromatic N) is 4. The monoisotopic (exact) mass is 269 g/mol. The Balaban J connectivity index is 2.06. The number of nitrogens with one attached hydrogen (secondary N) is 1. The first-order chi connectivity index (χ1) is 9.79. The van der Waals surface area contributed by atoms with Crippen LogP contribution in [0.1, 0.15) is 0 Å². The highest BCUT2D eigenvalue weighted by atomic mass is 16.3. The van der Waals surface area contributed by atoms with Crippen molar-refractivity contribution in [1.29, 1.82) is 0 Å². The maximum atomic E-state index is 8.84. The lowest BCUT2D eigenvalue weighted by atomic mass is 10.1. The van der Waals surface area contributed by atoms with E-state index in [2.05, 4.69) is 20.3 Å². The number of hydrogen-bond acceptors (Lipinski definition) is 5. The standard InChI is InChI=1S/C14H15N5O/c1-19-6-3-11-10(2-4-16-14(11)19)12-8-13(15-5-7-20)18-9-17-12/h2-4,6,8-9,20H,5,7H2,1H3,(H,15,17,18). The molecule has 0 amide bonds. The molecule has 0 bridgehead atoms. The Morgan fingerprint density at radius 1 is 1.25 bits per heavy atom. The fourth-order valence-corrected chi connectivity index (χ4v) is 2.17. The smallest absolute Gasteiger partial charge is 0.140 e. The van der Waals surface area contributed by atoms with Crippen LogP contribution in [0.2, 0.25) is 0 Å². The van der Waals surface area contributed by atoms with Crippen LogP contribution in [0, 0.1) is 0 Å². The number of aryl methyl sites for hydroxylation is 1. The van der Waals surface area contributed by atoms with Crippen molar-refractivity contribution in [2.45, 2.75) is 0 Å². The predicted molar refractivity (Wildman–Crippen MR) is 77.3 cm³/mol. The van der Waals surface area contributed by atoms with Crippen molar-refractivity contribution >= 4 is 16.9 Å². The molecule has 0 unspecified atom stereocenters. The highest BCUT2D eigenvalue weighted by Crippen LogP contribution is 2.27. The fourth-order valence-electron chi connectivity index (χ4n) is 2.17. The van der Waals surface area contributed by atoms with Crippen LogP contribution in [0.5, 0.6) is 0 Å². The van der Waals surface area contributed by atoms with Crippen LogP contribution in [0.15, 0.2) is 36.9 Å². The summed E-state index contributed by atoms with van der Waals surface area (Å²) in [6, 6.07) is 5.85. The van der Waals surface area contributed by atoms with E-state index in [1.807, 2.05) is 36.0 Å². The average Bonchev–Trinajstić information content (AvgIpc) is 2.87. The van der Waals surface area contributed by atoms with Crippen molar-refractivity contribution in [2.75, 3.05) is 18.5 Å². The molecule has 0 fully saturated rings. The Morgan fingerprint density at radius 2 is 2.15 bits per heavy atom. The molecular formula is C14H15N5O. The molecule has 0 aliphatic heterocycles. The molecule has 102 valence electrons. The number of pyridine rings is 1. The van der Waals surface area contributed by atoms with E-state index in [9.17, 15) is 0 Å². The first-order valence-electron chi connectivity index (χ1n) is 6.37. The number of hydrogen-bond donors (Lipinski definition) is 2. The normalized spacial score (nSPS) is 10.9. The molecule has 3 rings (SSSR count). The topological polar surface area (TPSA) is 75.9 Å². The van der Waals surface area contributed by atoms with Crippen molar-refractivity contribution < 1.29 is 5.11 Å². The molecule has 0 spiro atoms. The fraction of sp³-hybridized carbons (Fsp3) is 0.214. The number of fused-ring (bicyclic) bond motifs is 1. The second kappa shape index (κ2) is 5.26. The van der Waals surface area contributed by atoms with E-state index in [0.717, 1.165) is 22.3 Å². The van der Waals surface area contributed by atoms with E-state index in [-0.39, 0.29) is 6.61 Å². The predicted octanol–water partition coefficient (Wildman–Crippen LogP) is 1.43. The lowest BCUT2D eigenvalue weighted by Crippen LogP contribution is -2.07. The van der Waals surface area contributed by atoms with E-state index in [0.29, 0.717) is 12.4 Å². The third-order valence-corrected chi connectivity index (χ3v) is 3.13. The van der Waals surface area contributed by atoms with Gasteiger partial charge in [-0.25, -0.2) is 15.0 Å². The molecule has 0 atom stereocenters. The summed E-state index contributed by atoms with van der Waals surface area (Å²) in [4.78, 5) is 12.8. The molecule has 6 nitrogen and oxygen atoms in total. The van der Waals surface area contributed by atoms with Gasteiger partial charge in [0.05, 0.1) is 12.3 Å². The van der Waals surface area contributed by atoms with Gasteiger partial charge >= 0.3 is 0 Å². The minimum Gasteiger partial charge on any atom is -0.395 e. The molecular weight excluding hydrogens is 254 g/mol. The Bertz CT molecular complexity index is 737. The van der Waals surface area contributed by atoms with E-state index in [1.165, 1.54) is 6.33 Å². The molecule has 20 heavy (non-hydrogen) atoms. The largest absolute Gasteiger partial charge is 0.395 e. The van der Waals surface area contributed by atoms with Gasteiger partial charge in [0.1, 0.15) is 17.8 Å². The van der Waals surface area contributed by atoms with Crippen LogP contribution in [0.4, 0.5) is 5.82 Å². The maximum absolute atomic E-state index is 8.84. The van der Waals surface area contributed by atoms with Gasteiger partial charge in [0, 0.05) is 43.0 Å². The average molecular weight is 269 g/mol. The molecule has 0 saturated heterocycles. The third-order valence-electron chi connectivity index (χ3n) is 3.13. The molecule has 0 aliphatic rings. The number of aliphatic hydroxyl groups excluding tert-OH is 1. The third kappa shape index (κ3) is 2.21. The van der Waals surface area contributed by atoms with Crippen molar-refractivity contribution in [2.24, 2.45) is 7.05 Å². The summed E-state index contributed by atoms with van der Waals surface area (Å²) in [5.41, 5.74) is 2.77. The van der Waals surface area contributed by atoms with Gasteiger partial charge in [0.15, 0.2) is 0 Å². The SMILES string of the molecule is Cn1ccc2c(-c3cc(NCCO)ncn3)ccnc21. The van der Waals surface area contributed by atoms with Gasteiger partial charge < -0.3 is 15.0 Å². The molecule has 3 aromatic rings. The number of anilines is 1. The summed E-state index contributed by atoms with van der Waals surface area (Å²) in [7, 11) is 1.97. The van der Waals surface area contributed by atoms with Crippen LogP contribution in [0.25, 0.3) is 22.3 Å². The molecule has 6 heteroatoms. The zero-order valence-corrected chi connectivity index (χ0v) is 11.1. The van der Waals surface area contributed by atoms with Crippen LogP contribution in [-0.2, 0) is 7.05 Å². The minimum atomic E-state index is 0.0670. The van der Waals surface area contributed by atoms with Crippen LogP contribution in [-0.4, -0.2) is 37.8 Å². The molecule has 0 aromatic carbocycles. The van der Waals surface area contributed by atoms with Gasteiger partial charge in [0.25, 0.3) is 0 Å². The zero-order chi connectivity index (χ0) is 13.9. The first kappa shape index (κ1) is 12.6. The van der Waals surface area contributed by atoms with Crippen molar-refractivity contribution in [3.05, 3.63) is 36.9 Å². The number of aliphatic hydroxyl groups is 1. The van der Waals surface area contributed by atoms with E-state index in [4.69, 9.17) is 5.11 Å². The van der Waals surface area contributed by atoms with Crippen molar-refractivity contribution in [3.63, 3.8) is 0 Å². The van der Waals surface area contributed by atoms with E-state index < -0.39 is 0 Å². The van der Waals surface area contributed by atoms with Gasteiger partial charge in [0.2, 0.25) is 0 Å². The van der Waals surface area contributed by atoms with Gasteiger partial charge in [-0.15, -0.1) is 0 Å². The highest BCUT2D eigenvalue weighted by molar-refractivity contribution is 5.92. The Morgan fingerprint density at radius 3 is 3.00 bits per heavy atom. The molecule has 3 heterocycles. The van der Waals surface area contributed by atoms with Gasteiger partial charge in [-0.1, -0.05) is 0 Å². The lowest BCUT2D eigenvalue weighted by molar-refractivity contribution is 0.311. The van der Waals surface area contributed by atoms with E-state index in [1.54, 1.807) is 6.20 Å². The quantitative estimate of drug-likeness (QED) is 0.749. The summed E-state index contributed by atoms with van der Waals surface area (Å²) in [6.45, 7) is 0.533. The molecule has 3 aromatic heterocycles. The highest BCUT2D eigenvalue weighted by Gasteiger charge is 2.09. The molecule has 0 radical (unpaired) electrons. The van der Waals surface area contributed by atoms with Crippen LogP contribution >= 0.6 is 0 Å². The van der Waals surface area contributed by atoms with Crippen molar-refractivity contribution in [3.8, 4) is 11.3 Å². The maximum Gasteiger partial charge on any atom is 0.140 e. The van der Waals surface area contributed by atoms with Gasteiger partial charge in [-0.05, 0) is 12.1 Å². The van der Waals surface area contributed by atoms with Gasteiger partial charge in [-0.3, -0.25) is 0 Å². The second-order valence-electron chi connectivity index (χ2n) is 4.46. The van der Waals surface area contributed by atoms with Crippen LogP contribution in [0.3, 0.4) is 0 Å². The Hall–Kier alpha value is -2.47. The van der Waals surface area contributed by atoms with Crippen molar-refractivity contribution in [1.82, 2.24) is 19.5 Å². The summed E-state index contributed by atoms with van der Waals surface area (Å²) >= 11 is 0. The second-order valence-corrected chi connectivity index (χ2v) is 4.46. The zero-order valence-electron chi connectivity index (χ0n) is 11.1. The summed E-state index contributed by atoms with van der Waals surface area (Å²) in [6.07, 6.45) is 5.28. The van der Waals surface area contributed by atoms with Crippen LogP contribution < -0.4 is 5.32 Å². The molecule has 0 saturated carbocycles. The summed E-state index contributed by atoms with van der Waals surface area (Å²) < 4.78 is 1.98. The first-order valence-corrected chi connectivity index (χ1v) is 6.37. The summed E-state index contributed by atoms with van der Waals surface area (Å²) in [5, 5.41) is 12.9.